The minimum Gasteiger partial charge on any atom is -0.360 e. The van der Waals surface area contributed by atoms with Crippen LogP contribution in [0, 0.1) is 0 Å². The first-order chi connectivity index (χ1) is 4.83. The molecule has 0 unspecified atom stereocenters. The molecular formula is C6H11FN2S. The van der Waals surface area contributed by atoms with Gasteiger partial charge in [0.1, 0.15) is 6.67 Å². The molecule has 0 aromatic rings. The first-order valence-electron chi connectivity index (χ1n) is 3.43. The summed E-state index contributed by atoms with van der Waals surface area (Å²) in [6.07, 6.45) is 2.38. The molecule has 0 aliphatic heterocycles. The zero-order valence-corrected chi connectivity index (χ0v) is 6.51. The van der Waals surface area contributed by atoms with Gasteiger partial charge >= 0.3 is 0 Å². The monoisotopic (exact) mass is 162 g/mol. The van der Waals surface area contributed by atoms with Gasteiger partial charge in [-0.2, -0.15) is 0 Å². The molecule has 0 aromatic carbocycles. The van der Waals surface area contributed by atoms with Gasteiger partial charge in [-0.3, -0.25) is 0 Å². The van der Waals surface area contributed by atoms with Gasteiger partial charge in [0.2, 0.25) is 0 Å². The highest BCUT2D eigenvalue weighted by Gasteiger charge is 2.21. The highest BCUT2D eigenvalue weighted by atomic mass is 32.1. The van der Waals surface area contributed by atoms with Crippen LogP contribution in [-0.2, 0) is 0 Å². The van der Waals surface area contributed by atoms with Gasteiger partial charge in [-0.05, 0) is 25.1 Å². The fourth-order valence-electron chi connectivity index (χ4n) is 0.625. The Bertz CT molecular complexity index is 125. The summed E-state index contributed by atoms with van der Waals surface area (Å²) < 4.78 is 11.6. The highest BCUT2D eigenvalue weighted by Crippen LogP contribution is 2.18. The largest absolute Gasteiger partial charge is 0.360 e. The lowest BCUT2D eigenvalue weighted by atomic mass is 10.6. The van der Waals surface area contributed by atoms with Crippen LogP contribution in [0.3, 0.4) is 0 Å². The van der Waals surface area contributed by atoms with Gasteiger partial charge in [0, 0.05) is 12.6 Å². The van der Waals surface area contributed by atoms with Crippen LogP contribution in [0.5, 0.6) is 0 Å². The molecule has 4 heteroatoms. The number of rotatable bonds is 3. The predicted octanol–water partition coefficient (Wildman–Crippen LogP) is 0.582. The van der Waals surface area contributed by atoms with E-state index in [1.54, 1.807) is 0 Å². The van der Waals surface area contributed by atoms with Gasteiger partial charge in [-0.15, -0.1) is 0 Å². The van der Waals surface area contributed by atoms with Crippen LogP contribution in [0.1, 0.15) is 12.8 Å². The Morgan fingerprint density at radius 3 is 2.80 bits per heavy atom. The van der Waals surface area contributed by atoms with Crippen molar-refractivity contribution in [2.45, 2.75) is 18.9 Å². The summed E-state index contributed by atoms with van der Waals surface area (Å²) in [4.78, 5) is 0. The van der Waals surface area contributed by atoms with E-state index in [2.05, 4.69) is 10.6 Å². The standard InChI is InChI=1S/C6H11FN2S/c7-3-4-8-6(10)9-5-1-2-5/h5H,1-4H2,(H2,8,9,10). The van der Waals surface area contributed by atoms with Crippen LogP contribution in [0.25, 0.3) is 0 Å². The number of halogens is 1. The summed E-state index contributed by atoms with van der Waals surface area (Å²) in [5.41, 5.74) is 0. The average molecular weight is 162 g/mol. The molecule has 1 aliphatic rings. The molecule has 0 bridgehead atoms. The van der Waals surface area contributed by atoms with E-state index in [9.17, 15) is 4.39 Å². The number of hydrogen-bond donors (Lipinski definition) is 2. The van der Waals surface area contributed by atoms with Crippen LogP contribution >= 0.6 is 12.2 Å². The van der Waals surface area contributed by atoms with Crippen molar-refractivity contribution < 1.29 is 4.39 Å². The van der Waals surface area contributed by atoms with Crippen molar-refractivity contribution in [2.75, 3.05) is 13.2 Å². The third-order valence-corrected chi connectivity index (χ3v) is 1.55. The van der Waals surface area contributed by atoms with Crippen molar-refractivity contribution in [3.05, 3.63) is 0 Å². The SMILES string of the molecule is FCCNC(=S)NC1CC1. The average Bonchev–Trinajstić information content (AvgIpc) is 2.67. The molecule has 58 valence electrons. The molecule has 0 atom stereocenters. The number of thiocarbonyl (C=S) groups is 1. The minimum atomic E-state index is -0.369. The normalized spacial score (nSPS) is 16.5. The Labute approximate surface area is 65.2 Å². The minimum absolute atomic E-state index is 0.318. The van der Waals surface area contributed by atoms with Crippen LogP contribution in [0.4, 0.5) is 4.39 Å². The fraction of sp³-hybridized carbons (Fsp3) is 0.833. The Kier molecular flexibility index (Phi) is 2.86. The Morgan fingerprint density at radius 2 is 2.30 bits per heavy atom. The Hall–Kier alpha value is -0.380. The lowest BCUT2D eigenvalue weighted by Crippen LogP contribution is -2.37. The third-order valence-electron chi connectivity index (χ3n) is 1.29. The van der Waals surface area contributed by atoms with Crippen molar-refractivity contribution >= 4 is 17.3 Å². The van der Waals surface area contributed by atoms with Crippen LogP contribution < -0.4 is 10.6 Å². The van der Waals surface area contributed by atoms with Crippen molar-refractivity contribution in [1.29, 1.82) is 0 Å². The van der Waals surface area contributed by atoms with E-state index in [1.165, 1.54) is 12.8 Å². The summed E-state index contributed by atoms with van der Waals surface area (Å²) in [7, 11) is 0. The van der Waals surface area contributed by atoms with E-state index in [0.29, 0.717) is 17.7 Å². The second-order valence-corrected chi connectivity index (χ2v) is 2.77. The number of nitrogens with one attached hydrogen (secondary N) is 2. The molecule has 1 aliphatic carbocycles. The van der Waals surface area contributed by atoms with E-state index in [1.807, 2.05) is 0 Å². The molecule has 0 spiro atoms. The molecule has 0 heterocycles. The molecule has 0 saturated heterocycles. The van der Waals surface area contributed by atoms with Crippen molar-refractivity contribution in [1.82, 2.24) is 10.6 Å². The van der Waals surface area contributed by atoms with Gasteiger partial charge in [-0.25, -0.2) is 4.39 Å². The van der Waals surface area contributed by atoms with Gasteiger partial charge in [-0.1, -0.05) is 0 Å². The Morgan fingerprint density at radius 1 is 1.60 bits per heavy atom. The fourth-order valence-corrected chi connectivity index (χ4v) is 0.894. The quantitative estimate of drug-likeness (QED) is 0.594. The summed E-state index contributed by atoms with van der Waals surface area (Å²) >= 11 is 4.85. The lowest BCUT2D eigenvalue weighted by molar-refractivity contribution is 0.490. The molecule has 10 heavy (non-hydrogen) atoms. The smallest absolute Gasteiger partial charge is 0.166 e. The van der Waals surface area contributed by atoms with Gasteiger partial charge in [0.25, 0.3) is 0 Å². The zero-order valence-electron chi connectivity index (χ0n) is 5.69. The number of hydrogen-bond acceptors (Lipinski definition) is 1. The maximum Gasteiger partial charge on any atom is 0.166 e. The first kappa shape index (κ1) is 7.72. The molecule has 0 radical (unpaired) electrons. The van der Waals surface area contributed by atoms with E-state index in [-0.39, 0.29) is 6.67 Å². The van der Waals surface area contributed by atoms with Crippen LogP contribution in [-0.4, -0.2) is 24.4 Å². The van der Waals surface area contributed by atoms with Gasteiger partial charge in [0.15, 0.2) is 5.11 Å². The van der Waals surface area contributed by atoms with Crippen molar-refractivity contribution in [2.24, 2.45) is 0 Å². The van der Waals surface area contributed by atoms with Crippen LogP contribution in [0.2, 0.25) is 0 Å². The predicted molar refractivity (Wildman–Crippen MR) is 42.7 cm³/mol. The van der Waals surface area contributed by atoms with E-state index >= 15 is 0 Å². The molecule has 1 saturated carbocycles. The van der Waals surface area contributed by atoms with Gasteiger partial charge < -0.3 is 10.6 Å². The maximum absolute atomic E-state index is 11.6. The second-order valence-electron chi connectivity index (χ2n) is 2.36. The molecule has 2 N–H and O–H groups in total. The second kappa shape index (κ2) is 3.71. The van der Waals surface area contributed by atoms with Crippen molar-refractivity contribution in [3.63, 3.8) is 0 Å². The molecule has 1 fully saturated rings. The third kappa shape index (κ3) is 2.96. The molecule has 1 rings (SSSR count). The topological polar surface area (TPSA) is 24.1 Å². The maximum atomic E-state index is 11.6. The zero-order chi connectivity index (χ0) is 7.40. The molecule has 2 nitrogen and oxygen atoms in total. The lowest BCUT2D eigenvalue weighted by Gasteiger charge is -2.06. The number of alkyl halides is 1. The van der Waals surface area contributed by atoms with E-state index in [0.717, 1.165) is 0 Å². The van der Waals surface area contributed by atoms with Crippen LogP contribution in [0.15, 0.2) is 0 Å². The highest BCUT2D eigenvalue weighted by molar-refractivity contribution is 7.80. The Balaban J connectivity index is 1.97. The summed E-state index contributed by atoms with van der Waals surface area (Å²) in [5, 5.41) is 6.37. The van der Waals surface area contributed by atoms with E-state index in [4.69, 9.17) is 12.2 Å². The summed E-state index contributed by atoms with van der Waals surface area (Å²) in [6.45, 7) is -0.0506. The molecule has 0 amide bonds. The van der Waals surface area contributed by atoms with E-state index < -0.39 is 0 Å². The molecule has 0 aromatic heterocycles. The van der Waals surface area contributed by atoms with Crippen molar-refractivity contribution in [3.8, 4) is 0 Å². The molecular weight excluding hydrogens is 151 g/mol. The van der Waals surface area contributed by atoms with Gasteiger partial charge in [0.05, 0.1) is 0 Å². The summed E-state index contributed by atoms with van der Waals surface area (Å²) in [5.74, 6) is 0. The first-order valence-corrected chi connectivity index (χ1v) is 3.84. The summed E-state index contributed by atoms with van der Waals surface area (Å²) in [6, 6.07) is 0.555.